The summed E-state index contributed by atoms with van der Waals surface area (Å²) < 4.78 is 1.39. The lowest BCUT2D eigenvalue weighted by Gasteiger charge is -2.02. The summed E-state index contributed by atoms with van der Waals surface area (Å²) in [5, 5.41) is 0. The minimum atomic E-state index is -0.302. The fourth-order valence-corrected chi connectivity index (χ4v) is 0.852. The van der Waals surface area contributed by atoms with Gasteiger partial charge in [0, 0.05) is 25.4 Å². The van der Waals surface area contributed by atoms with Gasteiger partial charge in [-0.25, -0.2) is 5.84 Å². The van der Waals surface area contributed by atoms with Gasteiger partial charge in [-0.3, -0.25) is 20.0 Å². The van der Waals surface area contributed by atoms with E-state index in [0.29, 0.717) is 6.54 Å². The molecule has 0 saturated carbocycles. The van der Waals surface area contributed by atoms with Gasteiger partial charge < -0.3 is 4.57 Å². The van der Waals surface area contributed by atoms with E-state index >= 15 is 0 Å². The van der Waals surface area contributed by atoms with Crippen molar-refractivity contribution in [3.8, 4) is 0 Å². The van der Waals surface area contributed by atoms with E-state index in [2.05, 4.69) is 4.98 Å². The Hall–Kier alpha value is -1.69. The average molecular weight is 182 g/mol. The van der Waals surface area contributed by atoms with Crippen LogP contribution in [0, 0.1) is 0 Å². The number of carbonyl (C=O) groups is 1. The van der Waals surface area contributed by atoms with Gasteiger partial charge in [-0.1, -0.05) is 0 Å². The topological polar surface area (TPSA) is 90.0 Å². The van der Waals surface area contributed by atoms with Gasteiger partial charge in [0.25, 0.3) is 5.56 Å². The van der Waals surface area contributed by atoms with Crippen LogP contribution in [0.25, 0.3) is 0 Å². The first-order valence-electron chi connectivity index (χ1n) is 3.74. The summed E-state index contributed by atoms with van der Waals surface area (Å²) in [5.74, 6) is 4.57. The van der Waals surface area contributed by atoms with Crippen LogP contribution in [0.2, 0.25) is 0 Å². The first-order valence-corrected chi connectivity index (χ1v) is 3.74. The molecule has 0 aliphatic rings. The van der Waals surface area contributed by atoms with Crippen LogP contribution in [0.1, 0.15) is 6.42 Å². The molecule has 0 fully saturated rings. The van der Waals surface area contributed by atoms with Crippen LogP contribution in [0.4, 0.5) is 0 Å². The number of nitrogens with two attached hydrogens (primary N) is 1. The number of carbonyl (C=O) groups excluding carboxylic acids is 1. The lowest BCUT2D eigenvalue weighted by molar-refractivity contribution is -0.121. The van der Waals surface area contributed by atoms with Crippen LogP contribution in [0.3, 0.4) is 0 Å². The predicted octanol–water partition coefficient (Wildman–Crippen LogP) is -1.38. The van der Waals surface area contributed by atoms with E-state index < -0.39 is 0 Å². The first kappa shape index (κ1) is 9.40. The van der Waals surface area contributed by atoms with Gasteiger partial charge in [0.2, 0.25) is 5.91 Å². The fraction of sp³-hybridized carbons (Fsp3) is 0.286. The number of nitrogens with one attached hydrogen (secondary N) is 1. The molecule has 1 heterocycles. The van der Waals surface area contributed by atoms with Crippen LogP contribution in [0.5, 0.6) is 0 Å². The number of aromatic nitrogens is 2. The summed E-state index contributed by atoms with van der Waals surface area (Å²) in [6.07, 6.45) is 4.38. The molecular weight excluding hydrogens is 172 g/mol. The number of hydrogen-bond acceptors (Lipinski definition) is 4. The summed E-state index contributed by atoms with van der Waals surface area (Å²) in [7, 11) is 0. The van der Waals surface area contributed by atoms with Gasteiger partial charge in [-0.2, -0.15) is 0 Å². The third-order valence-electron chi connectivity index (χ3n) is 1.54. The third kappa shape index (κ3) is 2.68. The molecule has 70 valence electrons. The molecule has 0 aliphatic carbocycles. The van der Waals surface area contributed by atoms with Crippen LogP contribution in [-0.2, 0) is 11.3 Å². The van der Waals surface area contributed by atoms with E-state index in [9.17, 15) is 9.59 Å². The molecule has 1 aromatic heterocycles. The van der Waals surface area contributed by atoms with Crippen LogP contribution in [-0.4, -0.2) is 15.5 Å². The average Bonchev–Trinajstić information content (AvgIpc) is 2.16. The first-order chi connectivity index (χ1) is 6.24. The Labute approximate surface area is 74.4 Å². The van der Waals surface area contributed by atoms with Gasteiger partial charge >= 0.3 is 0 Å². The molecule has 13 heavy (non-hydrogen) atoms. The number of amides is 1. The van der Waals surface area contributed by atoms with Gasteiger partial charge in [-0.15, -0.1) is 0 Å². The highest BCUT2D eigenvalue weighted by Gasteiger charge is 1.99. The fourth-order valence-electron chi connectivity index (χ4n) is 0.852. The molecule has 0 aliphatic heterocycles. The van der Waals surface area contributed by atoms with Crippen LogP contribution < -0.4 is 16.8 Å². The summed E-state index contributed by atoms with van der Waals surface area (Å²) in [4.78, 5) is 25.4. The monoisotopic (exact) mass is 182 g/mol. The normalized spacial score (nSPS) is 9.62. The maximum atomic E-state index is 11.1. The second kappa shape index (κ2) is 4.36. The highest BCUT2D eigenvalue weighted by molar-refractivity contribution is 5.74. The van der Waals surface area contributed by atoms with Crippen molar-refractivity contribution in [3.05, 3.63) is 28.9 Å². The second-order valence-electron chi connectivity index (χ2n) is 2.43. The minimum Gasteiger partial charge on any atom is -0.312 e. The number of rotatable bonds is 3. The molecule has 0 aromatic carbocycles. The zero-order valence-electron chi connectivity index (χ0n) is 6.93. The summed E-state index contributed by atoms with van der Waals surface area (Å²) in [6.45, 7) is 0.310. The number of hydrogen-bond donors (Lipinski definition) is 2. The van der Waals surface area contributed by atoms with E-state index in [1.165, 1.54) is 23.2 Å². The highest BCUT2D eigenvalue weighted by Crippen LogP contribution is 1.84. The molecule has 0 atom stereocenters. The standard InChI is InChI=1S/C7H10N4O2/c8-10-6(12)1-3-11-4-2-9-5-7(11)13/h2,4-5H,1,3,8H2,(H,10,12). The molecule has 0 spiro atoms. The van der Waals surface area contributed by atoms with Gasteiger partial charge in [0.1, 0.15) is 0 Å². The molecule has 0 radical (unpaired) electrons. The number of aryl methyl sites for hydroxylation is 1. The van der Waals surface area contributed by atoms with Crippen molar-refractivity contribution in [2.45, 2.75) is 13.0 Å². The van der Waals surface area contributed by atoms with Crippen molar-refractivity contribution >= 4 is 5.91 Å². The number of nitrogens with zero attached hydrogens (tertiary/aromatic N) is 2. The molecule has 1 aromatic rings. The van der Waals surface area contributed by atoms with Gasteiger partial charge in [0.05, 0.1) is 6.20 Å². The maximum absolute atomic E-state index is 11.1. The Morgan fingerprint density at radius 2 is 2.46 bits per heavy atom. The van der Waals surface area contributed by atoms with E-state index in [0.717, 1.165) is 0 Å². The smallest absolute Gasteiger partial charge is 0.268 e. The molecule has 0 unspecified atom stereocenters. The zero-order chi connectivity index (χ0) is 9.68. The van der Waals surface area contributed by atoms with E-state index in [4.69, 9.17) is 5.84 Å². The lowest BCUT2D eigenvalue weighted by Crippen LogP contribution is -2.31. The zero-order valence-corrected chi connectivity index (χ0v) is 6.93. The molecule has 0 bridgehead atoms. The Kier molecular flexibility index (Phi) is 3.15. The summed E-state index contributed by atoms with van der Waals surface area (Å²) in [6, 6.07) is 0. The Morgan fingerprint density at radius 3 is 3.08 bits per heavy atom. The Balaban J connectivity index is 2.60. The molecule has 0 saturated heterocycles. The highest BCUT2D eigenvalue weighted by atomic mass is 16.2. The molecule has 6 nitrogen and oxygen atoms in total. The second-order valence-corrected chi connectivity index (χ2v) is 2.43. The summed E-state index contributed by atoms with van der Waals surface area (Å²) in [5.41, 5.74) is 1.76. The van der Waals surface area contributed by atoms with Crippen molar-refractivity contribution < 1.29 is 4.79 Å². The van der Waals surface area contributed by atoms with E-state index in [-0.39, 0.29) is 17.9 Å². The van der Waals surface area contributed by atoms with Crippen LogP contribution >= 0.6 is 0 Å². The minimum absolute atomic E-state index is 0.181. The van der Waals surface area contributed by atoms with Crippen molar-refractivity contribution in [1.29, 1.82) is 0 Å². The van der Waals surface area contributed by atoms with Crippen molar-refractivity contribution in [2.75, 3.05) is 0 Å². The SMILES string of the molecule is NNC(=O)CCn1ccncc1=O. The third-order valence-corrected chi connectivity index (χ3v) is 1.54. The van der Waals surface area contributed by atoms with Crippen molar-refractivity contribution in [2.24, 2.45) is 5.84 Å². The molecule has 1 rings (SSSR count). The van der Waals surface area contributed by atoms with Crippen LogP contribution in [0.15, 0.2) is 23.4 Å². The Bertz CT molecular complexity index is 346. The largest absolute Gasteiger partial charge is 0.312 e. The quantitative estimate of drug-likeness (QED) is 0.342. The van der Waals surface area contributed by atoms with Gasteiger partial charge in [-0.05, 0) is 0 Å². The van der Waals surface area contributed by atoms with E-state index in [1.54, 1.807) is 0 Å². The lowest BCUT2D eigenvalue weighted by atomic mass is 10.4. The molecular formula is C7H10N4O2. The molecule has 3 N–H and O–H groups in total. The maximum Gasteiger partial charge on any atom is 0.268 e. The predicted molar refractivity (Wildman–Crippen MR) is 45.4 cm³/mol. The Morgan fingerprint density at radius 1 is 1.69 bits per heavy atom. The number of hydrazine groups is 1. The van der Waals surface area contributed by atoms with E-state index in [1.807, 2.05) is 5.43 Å². The van der Waals surface area contributed by atoms with Crippen molar-refractivity contribution in [1.82, 2.24) is 15.0 Å². The molecule has 1 amide bonds. The van der Waals surface area contributed by atoms with Crippen molar-refractivity contribution in [3.63, 3.8) is 0 Å². The van der Waals surface area contributed by atoms with Gasteiger partial charge in [0.15, 0.2) is 0 Å². The molecule has 6 heteroatoms. The summed E-state index contributed by atoms with van der Waals surface area (Å²) >= 11 is 0.